The highest BCUT2D eigenvalue weighted by Gasteiger charge is 2.10. The van der Waals surface area contributed by atoms with E-state index < -0.39 is 0 Å². The van der Waals surface area contributed by atoms with E-state index >= 15 is 0 Å². The average Bonchev–Trinajstić information content (AvgIpc) is 2.69. The zero-order valence-corrected chi connectivity index (χ0v) is 16.2. The Labute approximate surface area is 158 Å². The van der Waals surface area contributed by atoms with Crippen LogP contribution in [0.4, 0.5) is 0 Å². The minimum absolute atomic E-state index is 0.00676. The number of methoxy groups -OCH3 is 2. The van der Waals surface area contributed by atoms with Gasteiger partial charge in [-0.1, -0.05) is 0 Å². The lowest BCUT2D eigenvalue weighted by Crippen LogP contribution is -2.11. The van der Waals surface area contributed by atoms with Crippen LogP contribution in [0.15, 0.2) is 24.4 Å². The lowest BCUT2D eigenvalue weighted by Gasteiger charge is -2.09. The maximum atomic E-state index is 10.8. The highest BCUT2D eigenvalue weighted by Crippen LogP contribution is 2.24. The first-order chi connectivity index (χ1) is 13.1. The number of hydrogen-bond acceptors (Lipinski definition) is 9. The normalized spacial score (nSPS) is 10.0. The number of pyridine rings is 1. The zero-order chi connectivity index (χ0) is 20.1. The molecule has 0 N–H and O–H groups in total. The van der Waals surface area contributed by atoms with E-state index in [-0.39, 0.29) is 23.7 Å². The van der Waals surface area contributed by atoms with Crippen molar-refractivity contribution in [3.63, 3.8) is 0 Å². The minimum Gasteiger partial charge on any atom is -0.481 e. The van der Waals surface area contributed by atoms with Crippen LogP contribution < -0.4 is 14.2 Å². The second-order valence-corrected chi connectivity index (χ2v) is 4.82. The molecule has 27 heavy (non-hydrogen) atoms. The van der Waals surface area contributed by atoms with Crippen molar-refractivity contribution in [2.75, 3.05) is 27.4 Å². The van der Waals surface area contributed by atoms with Gasteiger partial charge in [0.1, 0.15) is 5.69 Å². The molecule has 0 amide bonds. The number of carbonyl (C=O) groups excluding carboxylic acids is 1. The highest BCUT2D eigenvalue weighted by atomic mass is 16.7. The summed E-state index contributed by atoms with van der Waals surface area (Å²) in [6.45, 7) is 7.25. The molecule has 0 unspecified atom stereocenters. The first kappa shape index (κ1) is 22.3. The van der Waals surface area contributed by atoms with Crippen LogP contribution in [0.3, 0.4) is 0 Å². The summed E-state index contributed by atoms with van der Waals surface area (Å²) < 4.78 is 25.5. The van der Waals surface area contributed by atoms with Crippen LogP contribution in [0.1, 0.15) is 31.3 Å². The average molecular weight is 379 g/mol. The van der Waals surface area contributed by atoms with E-state index in [0.29, 0.717) is 18.0 Å². The van der Waals surface area contributed by atoms with E-state index in [1.165, 1.54) is 26.5 Å². The van der Waals surface area contributed by atoms with Gasteiger partial charge in [0, 0.05) is 19.4 Å². The van der Waals surface area contributed by atoms with Crippen LogP contribution in [-0.4, -0.2) is 55.0 Å². The number of aldehydes is 1. The van der Waals surface area contributed by atoms with Crippen molar-refractivity contribution in [2.24, 2.45) is 0 Å². The van der Waals surface area contributed by atoms with Gasteiger partial charge < -0.3 is 23.7 Å². The van der Waals surface area contributed by atoms with Crippen molar-refractivity contribution in [1.82, 2.24) is 15.0 Å². The molecule has 0 atom stereocenters. The standard InChI is InChI=1S/C12H11N3O4.C6H14O2/c1-17-10-6-11(18-2)15-12(14-10)19-9-4-3-5-13-8(9)7-16;1-4-7-6(3)8-5-2/h3-7H,1-2H3;6H,4-5H2,1-3H3. The maximum absolute atomic E-state index is 10.8. The van der Waals surface area contributed by atoms with Gasteiger partial charge in [-0.3, -0.25) is 4.79 Å². The molecule has 148 valence electrons. The second-order valence-electron chi connectivity index (χ2n) is 4.82. The molecule has 0 saturated carbocycles. The van der Waals surface area contributed by atoms with Gasteiger partial charge in [0.05, 0.1) is 20.3 Å². The molecule has 9 nitrogen and oxygen atoms in total. The summed E-state index contributed by atoms with van der Waals surface area (Å²) in [7, 11) is 2.93. The fourth-order valence-corrected chi connectivity index (χ4v) is 1.83. The SMILES string of the molecule is CCOC(C)OCC.COc1cc(OC)nc(Oc2cccnc2C=O)n1. The lowest BCUT2D eigenvalue weighted by atomic mass is 10.3. The van der Waals surface area contributed by atoms with Crippen molar-refractivity contribution in [1.29, 1.82) is 0 Å². The van der Waals surface area contributed by atoms with E-state index in [0.717, 1.165) is 13.2 Å². The second kappa shape index (κ2) is 12.6. The highest BCUT2D eigenvalue weighted by molar-refractivity contribution is 5.76. The van der Waals surface area contributed by atoms with Crippen LogP contribution in [0.5, 0.6) is 23.5 Å². The van der Waals surface area contributed by atoms with Gasteiger partial charge >= 0.3 is 6.01 Å². The van der Waals surface area contributed by atoms with Gasteiger partial charge in [-0.15, -0.1) is 0 Å². The van der Waals surface area contributed by atoms with E-state index in [1.54, 1.807) is 12.1 Å². The van der Waals surface area contributed by atoms with E-state index in [1.807, 2.05) is 20.8 Å². The van der Waals surface area contributed by atoms with Gasteiger partial charge in [0.15, 0.2) is 18.3 Å². The van der Waals surface area contributed by atoms with Crippen LogP contribution >= 0.6 is 0 Å². The van der Waals surface area contributed by atoms with Crippen LogP contribution in [0, 0.1) is 0 Å². The van der Waals surface area contributed by atoms with Crippen molar-refractivity contribution >= 4 is 6.29 Å². The molecule has 0 radical (unpaired) electrons. The molecule has 0 bridgehead atoms. The minimum atomic E-state index is -0.0370. The Balaban J connectivity index is 0.000000387. The Bertz CT molecular complexity index is 670. The summed E-state index contributed by atoms with van der Waals surface area (Å²) >= 11 is 0. The van der Waals surface area contributed by atoms with Crippen molar-refractivity contribution in [2.45, 2.75) is 27.1 Å². The smallest absolute Gasteiger partial charge is 0.328 e. The van der Waals surface area contributed by atoms with Gasteiger partial charge in [0.25, 0.3) is 0 Å². The first-order valence-electron chi connectivity index (χ1n) is 8.36. The Morgan fingerprint density at radius 3 is 2.15 bits per heavy atom. The molecule has 0 aromatic carbocycles. The van der Waals surface area contributed by atoms with Crippen LogP contribution in [0.25, 0.3) is 0 Å². The van der Waals surface area contributed by atoms with Crippen molar-refractivity contribution < 1.29 is 28.5 Å². The predicted octanol–water partition coefficient (Wildman–Crippen LogP) is 2.90. The molecule has 0 aliphatic heterocycles. The number of rotatable bonds is 9. The number of nitrogens with zero attached hydrogens (tertiary/aromatic N) is 3. The molecule has 0 spiro atoms. The summed E-state index contributed by atoms with van der Waals surface area (Å²) in [4.78, 5) is 22.7. The Hall–Kier alpha value is -2.78. The number of ether oxygens (including phenoxy) is 5. The van der Waals surface area contributed by atoms with E-state index in [4.69, 9.17) is 23.7 Å². The fourth-order valence-electron chi connectivity index (χ4n) is 1.83. The third-order valence-electron chi connectivity index (χ3n) is 2.99. The zero-order valence-electron chi connectivity index (χ0n) is 16.2. The summed E-state index contributed by atoms with van der Waals surface area (Å²) in [5, 5.41) is 0. The van der Waals surface area contributed by atoms with Gasteiger partial charge in [0.2, 0.25) is 11.8 Å². The van der Waals surface area contributed by atoms with E-state index in [2.05, 4.69) is 15.0 Å². The Morgan fingerprint density at radius 1 is 1.07 bits per heavy atom. The third kappa shape index (κ3) is 7.97. The van der Waals surface area contributed by atoms with Crippen LogP contribution in [0.2, 0.25) is 0 Å². The quantitative estimate of drug-likeness (QED) is 0.480. The largest absolute Gasteiger partial charge is 0.481 e. The van der Waals surface area contributed by atoms with Gasteiger partial charge in [-0.05, 0) is 32.9 Å². The summed E-state index contributed by atoms with van der Waals surface area (Å²) in [6.07, 6.45) is 2.04. The predicted molar refractivity (Wildman–Crippen MR) is 97.5 cm³/mol. The number of aromatic nitrogens is 3. The van der Waals surface area contributed by atoms with Crippen LogP contribution in [-0.2, 0) is 9.47 Å². The molecule has 2 aromatic rings. The molecule has 2 rings (SSSR count). The van der Waals surface area contributed by atoms with Crippen molar-refractivity contribution in [3.8, 4) is 23.5 Å². The molecular formula is C18H25N3O6. The molecular weight excluding hydrogens is 354 g/mol. The third-order valence-corrected chi connectivity index (χ3v) is 2.99. The summed E-state index contributed by atoms with van der Waals surface area (Å²) in [5.41, 5.74) is 0.160. The Morgan fingerprint density at radius 2 is 1.67 bits per heavy atom. The molecule has 9 heteroatoms. The topological polar surface area (TPSA) is 102 Å². The molecule has 0 fully saturated rings. The van der Waals surface area contributed by atoms with E-state index in [9.17, 15) is 4.79 Å². The monoisotopic (exact) mass is 379 g/mol. The summed E-state index contributed by atoms with van der Waals surface area (Å²) in [6, 6.07) is 4.75. The number of carbonyl (C=O) groups is 1. The molecule has 0 saturated heterocycles. The van der Waals surface area contributed by atoms with Gasteiger partial charge in [-0.25, -0.2) is 4.98 Å². The maximum Gasteiger partial charge on any atom is 0.328 e. The summed E-state index contributed by atoms with van der Waals surface area (Å²) in [5.74, 6) is 0.838. The lowest BCUT2D eigenvalue weighted by molar-refractivity contribution is -0.123. The fraction of sp³-hybridized carbons (Fsp3) is 0.444. The number of hydrogen-bond donors (Lipinski definition) is 0. The molecule has 0 aliphatic carbocycles. The first-order valence-corrected chi connectivity index (χ1v) is 8.36. The van der Waals surface area contributed by atoms with Crippen molar-refractivity contribution in [3.05, 3.63) is 30.1 Å². The molecule has 0 aliphatic rings. The molecule has 2 heterocycles. The Kier molecular flexibility index (Phi) is 10.4. The van der Waals surface area contributed by atoms with Gasteiger partial charge in [-0.2, -0.15) is 9.97 Å². The molecule has 2 aromatic heterocycles.